The average Bonchev–Trinajstić information content (AvgIpc) is 1.59. The second-order valence-electron chi connectivity index (χ2n) is 1.63. The van der Waals surface area contributed by atoms with Crippen molar-refractivity contribution in [2.24, 2.45) is 5.73 Å². The van der Waals surface area contributed by atoms with Crippen LogP contribution >= 0.6 is 11.8 Å². The molecule has 10 heavy (non-hydrogen) atoms. The lowest BCUT2D eigenvalue weighted by Gasteiger charge is -2.03. The lowest BCUT2D eigenvalue weighted by Crippen LogP contribution is -2.17. The highest BCUT2D eigenvalue weighted by atomic mass is 32.2. The Labute approximate surface area is 60.5 Å². The first kappa shape index (κ1) is 9.61. The van der Waals surface area contributed by atoms with E-state index in [-0.39, 0.29) is 11.6 Å². The van der Waals surface area contributed by atoms with Crippen molar-refractivity contribution in [3.63, 3.8) is 0 Å². The van der Waals surface area contributed by atoms with Gasteiger partial charge in [0.1, 0.15) is 5.84 Å². The van der Waals surface area contributed by atoms with Gasteiger partial charge in [-0.3, -0.25) is 5.41 Å². The van der Waals surface area contributed by atoms with Gasteiger partial charge >= 0.3 is 6.18 Å². The number of alkyl halides is 3. The Balaban J connectivity index is 3.29. The van der Waals surface area contributed by atoms with Crippen molar-refractivity contribution in [3.8, 4) is 0 Å². The van der Waals surface area contributed by atoms with Gasteiger partial charge in [-0.05, 0) is 0 Å². The van der Waals surface area contributed by atoms with Crippen LogP contribution in [-0.4, -0.2) is 23.5 Å². The Morgan fingerprint density at radius 3 is 2.30 bits per heavy atom. The summed E-state index contributed by atoms with van der Waals surface area (Å²) < 4.78 is 34.1. The summed E-state index contributed by atoms with van der Waals surface area (Å²) in [6.07, 6.45) is -4.15. The maximum absolute atomic E-state index is 11.4. The minimum absolute atomic E-state index is 0.0560. The molecule has 0 aromatic rings. The molecule has 2 nitrogen and oxygen atoms in total. The molecule has 0 unspecified atom stereocenters. The fraction of sp³-hybridized carbons (Fsp3) is 0.750. The molecule has 0 aliphatic rings. The number of thioether (sulfide) groups is 1. The Morgan fingerprint density at radius 1 is 1.50 bits per heavy atom. The van der Waals surface area contributed by atoms with E-state index in [4.69, 9.17) is 11.1 Å². The zero-order valence-corrected chi connectivity index (χ0v) is 5.85. The molecule has 0 aromatic heterocycles. The van der Waals surface area contributed by atoms with Crippen molar-refractivity contribution >= 4 is 17.6 Å². The van der Waals surface area contributed by atoms with E-state index < -0.39 is 11.9 Å². The molecule has 0 radical (unpaired) electrons. The summed E-state index contributed by atoms with van der Waals surface area (Å²) in [5, 5.41) is 6.59. The number of rotatable bonds is 3. The van der Waals surface area contributed by atoms with Gasteiger partial charge in [0.2, 0.25) is 0 Å². The number of hydrogen-bond acceptors (Lipinski definition) is 2. The standard InChI is InChI=1S/C4H7F3N2S/c5-4(6,7)2-10-1-3(8)9/h1-2H2,(H3,8,9). The topological polar surface area (TPSA) is 49.9 Å². The quantitative estimate of drug-likeness (QED) is 0.496. The highest BCUT2D eigenvalue weighted by molar-refractivity contribution is 8.00. The molecule has 0 aliphatic heterocycles. The van der Waals surface area contributed by atoms with Crippen LogP contribution < -0.4 is 5.73 Å². The maximum atomic E-state index is 11.4. The molecule has 0 atom stereocenters. The first-order valence-corrected chi connectivity index (χ1v) is 3.54. The molecule has 0 fully saturated rings. The molecule has 6 heteroatoms. The van der Waals surface area contributed by atoms with Gasteiger partial charge in [-0.1, -0.05) is 0 Å². The summed E-state index contributed by atoms with van der Waals surface area (Å²) >= 11 is 0.594. The van der Waals surface area contributed by atoms with Gasteiger partial charge in [-0.15, -0.1) is 11.8 Å². The van der Waals surface area contributed by atoms with Gasteiger partial charge in [0.15, 0.2) is 0 Å². The molecule has 0 bridgehead atoms. The molecule has 0 saturated heterocycles. The summed E-state index contributed by atoms with van der Waals surface area (Å²) in [7, 11) is 0. The van der Waals surface area contributed by atoms with Crippen molar-refractivity contribution in [2.45, 2.75) is 6.18 Å². The van der Waals surface area contributed by atoms with E-state index >= 15 is 0 Å². The third-order valence-corrected chi connectivity index (χ3v) is 1.57. The SMILES string of the molecule is N=C(N)CSCC(F)(F)F. The normalized spacial score (nSPS) is 11.5. The fourth-order valence-electron chi connectivity index (χ4n) is 0.277. The molecular formula is C4H7F3N2S. The minimum atomic E-state index is -4.15. The largest absolute Gasteiger partial charge is 0.397 e. The van der Waals surface area contributed by atoms with Gasteiger partial charge in [0, 0.05) is 0 Å². The van der Waals surface area contributed by atoms with Crippen molar-refractivity contribution in [3.05, 3.63) is 0 Å². The first-order valence-electron chi connectivity index (χ1n) is 2.39. The first-order chi connectivity index (χ1) is 4.42. The molecule has 0 aliphatic carbocycles. The van der Waals surface area contributed by atoms with Gasteiger partial charge < -0.3 is 5.73 Å². The predicted octanol–water partition coefficient (Wildman–Crippen LogP) is 1.22. The lowest BCUT2D eigenvalue weighted by atomic mass is 10.7. The second-order valence-corrected chi connectivity index (χ2v) is 2.62. The molecule has 0 amide bonds. The van der Waals surface area contributed by atoms with E-state index in [1.54, 1.807) is 0 Å². The van der Waals surface area contributed by atoms with Crippen molar-refractivity contribution < 1.29 is 13.2 Å². The summed E-state index contributed by atoms with van der Waals surface area (Å²) in [6.45, 7) is 0. The van der Waals surface area contributed by atoms with E-state index in [2.05, 4.69) is 0 Å². The zero-order chi connectivity index (χ0) is 8.20. The number of nitrogens with two attached hydrogens (primary N) is 1. The third kappa shape index (κ3) is 7.61. The molecule has 0 rings (SSSR count). The van der Waals surface area contributed by atoms with Crippen LogP contribution in [0.25, 0.3) is 0 Å². The van der Waals surface area contributed by atoms with E-state index in [9.17, 15) is 13.2 Å². The summed E-state index contributed by atoms with van der Waals surface area (Å²) in [5.41, 5.74) is 4.82. The third-order valence-electron chi connectivity index (χ3n) is 0.523. The molecular weight excluding hydrogens is 165 g/mol. The van der Waals surface area contributed by atoms with Crippen LogP contribution in [0.2, 0.25) is 0 Å². The van der Waals surface area contributed by atoms with Crippen molar-refractivity contribution in [1.29, 1.82) is 5.41 Å². The summed E-state index contributed by atoms with van der Waals surface area (Å²) in [5.74, 6) is -1.22. The number of hydrogen-bond donors (Lipinski definition) is 2. The van der Waals surface area contributed by atoms with Gasteiger partial charge in [0.25, 0.3) is 0 Å². The summed E-state index contributed by atoms with van der Waals surface area (Å²) in [6, 6.07) is 0. The van der Waals surface area contributed by atoms with Crippen molar-refractivity contribution in [2.75, 3.05) is 11.5 Å². The fourth-order valence-corrected chi connectivity index (χ4v) is 0.830. The Kier molecular flexibility index (Phi) is 3.55. The van der Waals surface area contributed by atoms with Crippen molar-refractivity contribution in [1.82, 2.24) is 0 Å². The van der Waals surface area contributed by atoms with Crippen LogP contribution in [0.4, 0.5) is 13.2 Å². The van der Waals surface area contributed by atoms with Crippen LogP contribution in [0.1, 0.15) is 0 Å². The van der Waals surface area contributed by atoms with Crippen LogP contribution in [0.5, 0.6) is 0 Å². The maximum Gasteiger partial charge on any atom is 0.397 e. The highest BCUT2D eigenvalue weighted by Gasteiger charge is 2.26. The van der Waals surface area contributed by atoms with Gasteiger partial charge in [-0.2, -0.15) is 13.2 Å². The van der Waals surface area contributed by atoms with Crippen LogP contribution in [0.15, 0.2) is 0 Å². The Hall–Kier alpha value is -0.390. The predicted molar refractivity (Wildman–Crippen MR) is 35.3 cm³/mol. The monoisotopic (exact) mass is 172 g/mol. The molecule has 3 N–H and O–H groups in total. The highest BCUT2D eigenvalue weighted by Crippen LogP contribution is 2.20. The average molecular weight is 172 g/mol. The zero-order valence-electron chi connectivity index (χ0n) is 5.03. The van der Waals surface area contributed by atoms with Gasteiger partial charge in [0.05, 0.1) is 11.5 Å². The molecule has 0 saturated carbocycles. The molecule has 0 aromatic carbocycles. The van der Waals surface area contributed by atoms with E-state index in [1.807, 2.05) is 0 Å². The molecule has 60 valence electrons. The van der Waals surface area contributed by atoms with Gasteiger partial charge in [-0.25, -0.2) is 0 Å². The number of amidine groups is 1. The number of nitrogens with one attached hydrogen (secondary N) is 1. The molecule has 0 spiro atoms. The Morgan fingerprint density at radius 2 is 2.00 bits per heavy atom. The smallest absolute Gasteiger partial charge is 0.387 e. The van der Waals surface area contributed by atoms with Crippen LogP contribution in [-0.2, 0) is 0 Å². The minimum Gasteiger partial charge on any atom is -0.387 e. The summed E-state index contributed by atoms with van der Waals surface area (Å²) in [4.78, 5) is 0. The van der Waals surface area contributed by atoms with Crippen LogP contribution in [0, 0.1) is 5.41 Å². The Bertz CT molecular complexity index is 122. The second kappa shape index (κ2) is 3.70. The lowest BCUT2D eigenvalue weighted by molar-refractivity contribution is -0.105. The van der Waals surface area contributed by atoms with E-state index in [0.29, 0.717) is 11.8 Å². The van der Waals surface area contributed by atoms with E-state index in [0.717, 1.165) is 0 Å². The molecule has 0 heterocycles. The van der Waals surface area contributed by atoms with E-state index in [1.165, 1.54) is 0 Å². The van der Waals surface area contributed by atoms with Crippen LogP contribution in [0.3, 0.4) is 0 Å². The number of halogens is 3.